The minimum absolute atomic E-state index is 0.00773. The van der Waals surface area contributed by atoms with E-state index in [-0.39, 0.29) is 29.1 Å². The Bertz CT molecular complexity index is 741. The number of ether oxygens (including phenoxy) is 2. The van der Waals surface area contributed by atoms with Gasteiger partial charge in [-0.15, -0.1) is 0 Å². The minimum Gasteiger partial charge on any atom is -0.433 e. The Balaban J connectivity index is 1.39. The van der Waals surface area contributed by atoms with Crippen molar-refractivity contribution in [1.82, 2.24) is 14.7 Å². The first kappa shape index (κ1) is 22.7. The van der Waals surface area contributed by atoms with Crippen molar-refractivity contribution in [3.8, 4) is 5.75 Å². The van der Waals surface area contributed by atoms with Gasteiger partial charge >= 0.3 is 6.61 Å². The van der Waals surface area contributed by atoms with Gasteiger partial charge in [0.1, 0.15) is 5.75 Å². The summed E-state index contributed by atoms with van der Waals surface area (Å²) in [5.41, 5.74) is 0.404. The molecule has 1 N–H and O–H groups in total. The van der Waals surface area contributed by atoms with Gasteiger partial charge in [0.05, 0.1) is 31.3 Å². The third kappa shape index (κ3) is 6.76. The number of halogens is 3. The molecule has 0 bridgehead atoms. The molecule has 2 heterocycles. The summed E-state index contributed by atoms with van der Waals surface area (Å²) in [6, 6.07) is 4.11. The van der Waals surface area contributed by atoms with E-state index < -0.39 is 6.61 Å². The molecule has 2 amide bonds. The van der Waals surface area contributed by atoms with Crippen molar-refractivity contribution < 1.29 is 27.8 Å². The Kier molecular flexibility index (Phi) is 8.20. The summed E-state index contributed by atoms with van der Waals surface area (Å²) in [4.78, 5) is 30.5. The predicted molar refractivity (Wildman–Crippen MR) is 107 cm³/mol. The van der Waals surface area contributed by atoms with Crippen LogP contribution in [0.15, 0.2) is 18.2 Å². The first-order valence-electron chi connectivity index (χ1n) is 9.75. The molecule has 1 aromatic carbocycles. The molecule has 3 rings (SSSR count). The minimum atomic E-state index is -2.97. The SMILES string of the molecule is O=C(CN1CCN(CC(=O)N2CCOCC2)CC1)Nc1ccc(OC(F)F)c(Cl)c1. The Morgan fingerprint density at radius 3 is 2.30 bits per heavy atom. The fourth-order valence-electron chi connectivity index (χ4n) is 3.38. The number of amides is 2. The Morgan fingerprint density at radius 1 is 1.07 bits per heavy atom. The highest BCUT2D eigenvalue weighted by Crippen LogP contribution is 2.28. The van der Waals surface area contributed by atoms with Crippen LogP contribution in [0.2, 0.25) is 5.02 Å². The molecule has 2 aliphatic heterocycles. The molecule has 0 saturated carbocycles. The van der Waals surface area contributed by atoms with Crippen LogP contribution in [0.25, 0.3) is 0 Å². The van der Waals surface area contributed by atoms with Crippen LogP contribution >= 0.6 is 11.6 Å². The lowest BCUT2D eigenvalue weighted by Gasteiger charge is -2.35. The van der Waals surface area contributed by atoms with E-state index in [4.69, 9.17) is 16.3 Å². The molecule has 0 aliphatic carbocycles. The number of morpholine rings is 1. The maximum absolute atomic E-state index is 12.3. The summed E-state index contributed by atoms with van der Waals surface area (Å²) in [5.74, 6) is -0.264. The van der Waals surface area contributed by atoms with Gasteiger partial charge in [-0.05, 0) is 18.2 Å². The normalized spacial score (nSPS) is 18.5. The standard InChI is InChI=1S/C19H25ClF2N4O4/c20-15-11-14(1-2-16(15)30-19(21)22)23-17(27)12-24-3-5-25(6-4-24)13-18(28)26-7-9-29-10-8-26/h1-2,11,19H,3-10,12-13H2,(H,23,27). The van der Waals surface area contributed by atoms with Crippen LogP contribution in [0.3, 0.4) is 0 Å². The highest BCUT2D eigenvalue weighted by Gasteiger charge is 2.24. The quantitative estimate of drug-likeness (QED) is 0.681. The van der Waals surface area contributed by atoms with Gasteiger partial charge in [0.15, 0.2) is 0 Å². The van der Waals surface area contributed by atoms with Gasteiger partial charge in [0.25, 0.3) is 0 Å². The van der Waals surface area contributed by atoms with E-state index in [0.29, 0.717) is 64.7 Å². The van der Waals surface area contributed by atoms with Crippen molar-refractivity contribution in [1.29, 1.82) is 0 Å². The molecule has 0 radical (unpaired) electrons. The van der Waals surface area contributed by atoms with Crippen molar-refractivity contribution in [2.75, 3.05) is 70.9 Å². The summed E-state index contributed by atoms with van der Waals surface area (Å²) in [6.07, 6.45) is 0. The first-order chi connectivity index (χ1) is 14.4. The third-order valence-electron chi connectivity index (χ3n) is 4.99. The second-order valence-corrected chi connectivity index (χ2v) is 7.52. The van der Waals surface area contributed by atoms with Gasteiger partial charge in [-0.2, -0.15) is 8.78 Å². The molecule has 8 nitrogen and oxygen atoms in total. The molecule has 166 valence electrons. The van der Waals surface area contributed by atoms with E-state index in [0.717, 1.165) is 0 Å². The largest absolute Gasteiger partial charge is 0.433 e. The molecule has 2 saturated heterocycles. The zero-order valence-electron chi connectivity index (χ0n) is 16.5. The molecular weight excluding hydrogens is 422 g/mol. The van der Waals surface area contributed by atoms with Crippen LogP contribution in [0, 0.1) is 0 Å². The smallest absolute Gasteiger partial charge is 0.387 e. The van der Waals surface area contributed by atoms with E-state index in [1.807, 2.05) is 9.80 Å². The molecule has 2 aliphatic rings. The maximum Gasteiger partial charge on any atom is 0.387 e. The van der Waals surface area contributed by atoms with E-state index in [1.54, 1.807) is 0 Å². The van der Waals surface area contributed by atoms with E-state index in [1.165, 1.54) is 18.2 Å². The number of carbonyl (C=O) groups is 2. The zero-order valence-corrected chi connectivity index (χ0v) is 17.2. The number of nitrogens with zero attached hydrogens (tertiary/aromatic N) is 3. The summed E-state index contributed by atoms with van der Waals surface area (Å²) < 4.78 is 34.1. The summed E-state index contributed by atoms with van der Waals surface area (Å²) in [6.45, 7) is 2.80. The Hall–Kier alpha value is -2.01. The first-order valence-corrected chi connectivity index (χ1v) is 10.1. The molecule has 0 spiro atoms. The highest BCUT2D eigenvalue weighted by molar-refractivity contribution is 6.32. The summed E-state index contributed by atoms with van der Waals surface area (Å²) in [5, 5.41) is 2.69. The van der Waals surface area contributed by atoms with Crippen LogP contribution in [0.5, 0.6) is 5.75 Å². The fourth-order valence-corrected chi connectivity index (χ4v) is 3.61. The van der Waals surface area contributed by atoms with Crippen molar-refractivity contribution in [2.24, 2.45) is 0 Å². The van der Waals surface area contributed by atoms with E-state index >= 15 is 0 Å². The van der Waals surface area contributed by atoms with Gasteiger partial charge in [0, 0.05) is 45.0 Å². The van der Waals surface area contributed by atoms with Gasteiger partial charge in [-0.25, -0.2) is 0 Å². The van der Waals surface area contributed by atoms with Crippen molar-refractivity contribution in [2.45, 2.75) is 6.61 Å². The maximum atomic E-state index is 12.3. The number of benzene rings is 1. The lowest BCUT2D eigenvalue weighted by atomic mass is 10.2. The number of hydrogen-bond acceptors (Lipinski definition) is 6. The number of piperazine rings is 1. The van der Waals surface area contributed by atoms with Crippen molar-refractivity contribution in [3.63, 3.8) is 0 Å². The van der Waals surface area contributed by atoms with Gasteiger partial charge in [-0.3, -0.25) is 19.4 Å². The van der Waals surface area contributed by atoms with E-state index in [9.17, 15) is 18.4 Å². The average molecular weight is 447 g/mol. The van der Waals surface area contributed by atoms with Crippen LogP contribution in [0.1, 0.15) is 0 Å². The average Bonchev–Trinajstić information content (AvgIpc) is 2.72. The van der Waals surface area contributed by atoms with Crippen LogP contribution in [-0.2, 0) is 14.3 Å². The molecule has 2 fully saturated rings. The third-order valence-corrected chi connectivity index (χ3v) is 5.28. The second kappa shape index (κ2) is 10.9. The van der Waals surface area contributed by atoms with Gasteiger partial charge in [-0.1, -0.05) is 11.6 Å². The zero-order chi connectivity index (χ0) is 21.5. The number of nitrogens with one attached hydrogen (secondary N) is 1. The topological polar surface area (TPSA) is 74.4 Å². The number of hydrogen-bond donors (Lipinski definition) is 1. The van der Waals surface area contributed by atoms with Gasteiger partial charge < -0.3 is 19.7 Å². The Labute approximate surface area is 178 Å². The number of alkyl halides is 2. The van der Waals surface area contributed by atoms with Crippen LogP contribution in [-0.4, -0.2) is 98.7 Å². The molecule has 1 aromatic rings. The molecule has 0 aromatic heterocycles. The molecule has 0 unspecified atom stereocenters. The lowest BCUT2D eigenvalue weighted by molar-refractivity contribution is -0.137. The van der Waals surface area contributed by atoms with Crippen molar-refractivity contribution >= 4 is 29.1 Å². The van der Waals surface area contributed by atoms with Crippen LogP contribution < -0.4 is 10.1 Å². The lowest BCUT2D eigenvalue weighted by Crippen LogP contribution is -2.52. The fraction of sp³-hybridized carbons (Fsp3) is 0.579. The molecule has 11 heteroatoms. The number of rotatable bonds is 7. The molecule has 0 atom stereocenters. The molecule has 30 heavy (non-hydrogen) atoms. The predicted octanol–water partition coefficient (Wildman–Crippen LogP) is 1.36. The summed E-state index contributed by atoms with van der Waals surface area (Å²) in [7, 11) is 0. The monoisotopic (exact) mass is 446 g/mol. The van der Waals surface area contributed by atoms with Gasteiger partial charge in [0.2, 0.25) is 11.8 Å². The summed E-state index contributed by atoms with van der Waals surface area (Å²) >= 11 is 5.90. The van der Waals surface area contributed by atoms with Crippen molar-refractivity contribution in [3.05, 3.63) is 23.2 Å². The molecular formula is C19H25ClF2N4O4. The van der Waals surface area contributed by atoms with E-state index in [2.05, 4.69) is 15.0 Å². The Morgan fingerprint density at radius 2 is 1.70 bits per heavy atom. The number of anilines is 1. The highest BCUT2D eigenvalue weighted by atomic mass is 35.5. The number of carbonyl (C=O) groups excluding carboxylic acids is 2. The van der Waals surface area contributed by atoms with Crippen LogP contribution in [0.4, 0.5) is 14.5 Å². The second-order valence-electron chi connectivity index (χ2n) is 7.12.